The van der Waals surface area contributed by atoms with Crippen LogP contribution in [0, 0.1) is 19.8 Å². The summed E-state index contributed by atoms with van der Waals surface area (Å²) >= 11 is 0. The molecule has 0 aliphatic carbocycles. The first-order valence-electron chi connectivity index (χ1n) is 9.49. The zero-order chi connectivity index (χ0) is 21.5. The molecule has 0 unspecified atom stereocenters. The molecule has 0 saturated heterocycles. The molecule has 0 saturated carbocycles. The van der Waals surface area contributed by atoms with Crippen LogP contribution in [0.1, 0.15) is 72.4 Å². The second kappa shape index (κ2) is 25.3. The monoisotopic (exact) mass is 362 g/mol. The molecule has 0 heterocycles. The Balaban J connectivity index is -0.000000146. The lowest BCUT2D eigenvalue weighted by atomic mass is 10.1. The minimum Gasteiger partial charge on any atom is -0.307 e. The van der Waals surface area contributed by atoms with E-state index in [1.54, 1.807) is 0 Å². The summed E-state index contributed by atoms with van der Waals surface area (Å²) in [6.07, 6.45) is 2.56. The van der Waals surface area contributed by atoms with Crippen LogP contribution in [-0.4, -0.2) is 13.6 Å². The minimum atomic E-state index is 0.884. The van der Waals surface area contributed by atoms with Gasteiger partial charge < -0.3 is 9.59 Å². The molecule has 0 amide bonds. The van der Waals surface area contributed by atoms with Gasteiger partial charge in [0.05, 0.1) is 0 Å². The van der Waals surface area contributed by atoms with Crippen molar-refractivity contribution in [3.8, 4) is 0 Å². The van der Waals surface area contributed by atoms with Gasteiger partial charge >= 0.3 is 0 Å². The number of hydrogen-bond donors (Lipinski definition) is 0. The van der Waals surface area contributed by atoms with E-state index in [-0.39, 0.29) is 0 Å². The zero-order valence-corrected chi connectivity index (χ0v) is 18.7. The van der Waals surface area contributed by atoms with Gasteiger partial charge in [-0.05, 0) is 30.5 Å². The first kappa shape index (κ1) is 31.8. The highest BCUT2D eigenvalue weighted by Crippen LogP contribution is 2.16. The summed E-state index contributed by atoms with van der Waals surface area (Å²) < 4.78 is 0. The van der Waals surface area contributed by atoms with Crippen LogP contribution in [0.15, 0.2) is 36.4 Å². The van der Waals surface area contributed by atoms with Gasteiger partial charge in [0.1, 0.15) is 13.6 Å². The lowest BCUT2D eigenvalue weighted by molar-refractivity contribution is -0.0987. The minimum absolute atomic E-state index is 0.884. The van der Waals surface area contributed by atoms with Gasteiger partial charge in [-0.1, -0.05) is 109 Å². The van der Waals surface area contributed by atoms with Gasteiger partial charge in [0, 0.05) is 0 Å². The summed E-state index contributed by atoms with van der Waals surface area (Å²) in [6.45, 7) is 23.1. The smallest absolute Gasteiger partial charge is 0.106 e. The standard InChI is InChI=1S/C12H12.C5H12.C3H8.C2H6.2CH2O/c1-9-3-5-12-8-10(2)4-6-11(12)7-9;1-4-5(2)3;1-3-2;3*1-2/h3-8H,1-2H3;5H,4H2,1-3H3;3H2,1-2H3;1-2H3;2*1H2. The third-order valence-corrected chi connectivity index (χ3v) is 2.97. The highest BCUT2D eigenvalue weighted by atomic mass is 16.1. The second-order valence-corrected chi connectivity index (χ2v) is 5.86. The number of aryl methyl sites for hydroxylation is 2. The van der Waals surface area contributed by atoms with Crippen LogP contribution < -0.4 is 0 Å². The van der Waals surface area contributed by atoms with Crippen LogP contribution in [0.4, 0.5) is 0 Å². The van der Waals surface area contributed by atoms with Gasteiger partial charge in [0.25, 0.3) is 0 Å². The molecule has 2 heteroatoms. The molecule has 2 aromatic carbocycles. The first-order chi connectivity index (χ1) is 12.4. The molecule has 2 aromatic rings. The predicted molar refractivity (Wildman–Crippen MR) is 120 cm³/mol. The van der Waals surface area contributed by atoms with E-state index < -0.39 is 0 Å². The van der Waals surface area contributed by atoms with Gasteiger partial charge in [-0.3, -0.25) is 0 Å². The molecular formula is C24H42O2. The van der Waals surface area contributed by atoms with Crippen LogP contribution in [0.25, 0.3) is 10.8 Å². The summed E-state index contributed by atoms with van der Waals surface area (Å²) in [5.74, 6) is 0.884. The molecule has 0 spiro atoms. The Kier molecular flexibility index (Phi) is 30.9. The van der Waals surface area contributed by atoms with Crippen molar-refractivity contribution in [2.75, 3.05) is 0 Å². The Morgan fingerprint density at radius 3 is 1.15 bits per heavy atom. The lowest BCUT2D eigenvalue weighted by Crippen LogP contribution is -1.77. The maximum Gasteiger partial charge on any atom is 0.106 e. The number of hydrogen-bond acceptors (Lipinski definition) is 2. The second-order valence-electron chi connectivity index (χ2n) is 5.86. The van der Waals surface area contributed by atoms with Crippen LogP contribution >= 0.6 is 0 Å². The molecule has 2 rings (SSSR count). The van der Waals surface area contributed by atoms with Gasteiger partial charge in [0.2, 0.25) is 0 Å². The molecule has 0 aliphatic rings. The number of rotatable bonds is 1. The molecular weight excluding hydrogens is 320 g/mol. The Morgan fingerprint density at radius 1 is 0.731 bits per heavy atom. The lowest BCUT2D eigenvalue weighted by Gasteiger charge is -1.99. The van der Waals surface area contributed by atoms with E-state index in [1.165, 1.54) is 34.7 Å². The third kappa shape index (κ3) is 20.1. The van der Waals surface area contributed by atoms with E-state index in [0.717, 1.165) is 5.92 Å². The van der Waals surface area contributed by atoms with E-state index in [4.69, 9.17) is 9.59 Å². The SMILES string of the molecule is C=O.C=O.CC.CCC.CCC(C)C.Cc1ccc2cc(C)ccc2c1. The first-order valence-corrected chi connectivity index (χ1v) is 9.49. The van der Waals surface area contributed by atoms with Gasteiger partial charge in [-0.15, -0.1) is 0 Å². The molecule has 0 N–H and O–H groups in total. The Bertz CT molecular complexity index is 475. The van der Waals surface area contributed by atoms with Crippen molar-refractivity contribution >= 4 is 24.4 Å². The van der Waals surface area contributed by atoms with Gasteiger partial charge in [-0.25, -0.2) is 0 Å². The van der Waals surface area contributed by atoms with Crippen molar-refractivity contribution in [2.24, 2.45) is 5.92 Å². The fraction of sp³-hybridized carbons (Fsp3) is 0.500. The predicted octanol–water partition coefficient (Wildman–Crippen LogP) is 7.58. The van der Waals surface area contributed by atoms with E-state index in [0.29, 0.717) is 0 Å². The molecule has 2 nitrogen and oxygen atoms in total. The van der Waals surface area contributed by atoms with Crippen molar-refractivity contribution in [3.63, 3.8) is 0 Å². The van der Waals surface area contributed by atoms with Crippen molar-refractivity contribution in [1.29, 1.82) is 0 Å². The molecule has 150 valence electrons. The molecule has 0 atom stereocenters. The van der Waals surface area contributed by atoms with Crippen molar-refractivity contribution in [2.45, 2.75) is 75.2 Å². The average molecular weight is 363 g/mol. The number of benzene rings is 2. The fourth-order valence-electron chi connectivity index (χ4n) is 1.48. The summed E-state index contributed by atoms with van der Waals surface area (Å²) in [5, 5.41) is 2.67. The summed E-state index contributed by atoms with van der Waals surface area (Å²) in [7, 11) is 0. The third-order valence-electron chi connectivity index (χ3n) is 2.97. The summed E-state index contributed by atoms with van der Waals surface area (Å²) in [5.41, 5.74) is 2.65. The number of fused-ring (bicyclic) bond motifs is 1. The van der Waals surface area contributed by atoms with Crippen molar-refractivity contribution in [3.05, 3.63) is 47.5 Å². The molecule has 26 heavy (non-hydrogen) atoms. The summed E-state index contributed by atoms with van der Waals surface area (Å²) in [6, 6.07) is 13.1. The number of carbonyl (C=O) groups is 2. The van der Waals surface area contributed by atoms with Gasteiger partial charge in [0.15, 0.2) is 0 Å². The van der Waals surface area contributed by atoms with Crippen LogP contribution in [0.5, 0.6) is 0 Å². The van der Waals surface area contributed by atoms with Crippen molar-refractivity contribution in [1.82, 2.24) is 0 Å². The fourth-order valence-corrected chi connectivity index (χ4v) is 1.48. The van der Waals surface area contributed by atoms with E-state index in [1.807, 2.05) is 27.4 Å². The van der Waals surface area contributed by atoms with Crippen molar-refractivity contribution < 1.29 is 9.59 Å². The molecule has 0 aliphatic heterocycles. The summed E-state index contributed by atoms with van der Waals surface area (Å²) in [4.78, 5) is 16.0. The quantitative estimate of drug-likeness (QED) is 0.524. The molecule has 0 bridgehead atoms. The largest absolute Gasteiger partial charge is 0.307 e. The highest BCUT2D eigenvalue weighted by Gasteiger charge is 1.92. The van der Waals surface area contributed by atoms with Gasteiger partial charge in [-0.2, -0.15) is 0 Å². The Hall–Kier alpha value is -1.96. The maximum absolute atomic E-state index is 8.00. The van der Waals surface area contributed by atoms with E-state index in [2.05, 4.69) is 84.9 Å². The van der Waals surface area contributed by atoms with Crippen LogP contribution in [0.2, 0.25) is 0 Å². The average Bonchev–Trinajstić information content (AvgIpc) is 2.68. The topological polar surface area (TPSA) is 34.1 Å². The zero-order valence-electron chi connectivity index (χ0n) is 18.7. The van der Waals surface area contributed by atoms with Crippen LogP contribution in [-0.2, 0) is 9.59 Å². The van der Waals surface area contributed by atoms with Crippen LogP contribution in [0.3, 0.4) is 0 Å². The maximum atomic E-state index is 8.00. The molecule has 0 fully saturated rings. The number of carbonyl (C=O) groups excluding carboxylic acids is 2. The Labute approximate surface area is 163 Å². The normalized spacial score (nSPS) is 7.92. The highest BCUT2D eigenvalue weighted by molar-refractivity contribution is 5.83. The van der Waals surface area contributed by atoms with E-state index in [9.17, 15) is 0 Å². The molecule has 0 aromatic heterocycles. The van der Waals surface area contributed by atoms with E-state index >= 15 is 0 Å². The molecule has 0 radical (unpaired) electrons. The Morgan fingerprint density at radius 2 is 0.962 bits per heavy atom.